The van der Waals surface area contributed by atoms with Crippen molar-refractivity contribution < 1.29 is 24.2 Å². The van der Waals surface area contributed by atoms with Crippen molar-refractivity contribution in [2.45, 2.75) is 99.5 Å². The molecule has 1 N–H and O–H groups in total. The van der Waals surface area contributed by atoms with Gasteiger partial charge in [0.15, 0.2) is 0 Å². The Morgan fingerprint density at radius 3 is 2.49 bits per heavy atom. The Hall–Kier alpha value is -1.32. The molecule has 1 spiro atoms. The number of carbonyl (C=O) groups is 3. The average molecular weight is 628 g/mol. The molecule has 220 valence electrons. The molecule has 2 bridgehead atoms. The second-order valence-corrected chi connectivity index (χ2v) is 15.7. The first kappa shape index (κ1) is 32.2. The molecule has 6 atom stereocenters. The second kappa shape index (κ2) is 12.7. The number of esters is 1. The minimum absolute atomic E-state index is 0.00332. The Kier molecular flexibility index (Phi) is 10.5. The zero-order chi connectivity index (χ0) is 29.2. The van der Waals surface area contributed by atoms with Crippen molar-refractivity contribution in [1.82, 2.24) is 9.80 Å². The van der Waals surface area contributed by atoms with E-state index in [2.05, 4.69) is 63.7 Å². The molecule has 3 fully saturated rings. The summed E-state index contributed by atoms with van der Waals surface area (Å²) >= 11 is 5.45. The van der Waals surface area contributed by atoms with Crippen molar-refractivity contribution in [1.29, 1.82) is 0 Å². The fourth-order valence-corrected chi connectivity index (χ4v) is 10.7. The molecule has 39 heavy (non-hydrogen) atoms. The Morgan fingerprint density at radius 1 is 1.21 bits per heavy atom. The van der Waals surface area contributed by atoms with Gasteiger partial charge in [-0.05, 0) is 57.8 Å². The second-order valence-electron chi connectivity index (χ2n) is 13.0. The van der Waals surface area contributed by atoms with Gasteiger partial charge >= 0.3 is 5.97 Å². The molecule has 0 aromatic heterocycles. The first-order valence-corrected chi connectivity index (χ1v) is 16.0. The van der Waals surface area contributed by atoms with Crippen LogP contribution >= 0.6 is 27.7 Å². The number of likely N-dealkylation sites (tertiary alicyclic amines) is 1. The number of hydrogen-bond acceptors (Lipinski definition) is 6. The number of alkyl halides is 1. The Morgan fingerprint density at radius 2 is 1.90 bits per heavy atom. The van der Waals surface area contributed by atoms with Crippen LogP contribution in [0, 0.1) is 17.3 Å². The van der Waals surface area contributed by atoms with E-state index in [1.54, 1.807) is 28.8 Å². The number of carbonyl (C=O) groups excluding carboxylic acids is 3. The number of rotatable bonds is 14. The van der Waals surface area contributed by atoms with E-state index in [1.165, 1.54) is 0 Å². The van der Waals surface area contributed by atoms with Crippen LogP contribution < -0.4 is 0 Å². The summed E-state index contributed by atoms with van der Waals surface area (Å²) in [5.41, 5.74) is -0.483. The molecule has 0 radical (unpaired) electrons. The maximum atomic E-state index is 14.7. The first-order chi connectivity index (χ1) is 18.3. The number of fused-ring (bicyclic) bond motifs is 1. The molecule has 3 aliphatic rings. The minimum atomic E-state index is -0.705. The molecule has 0 saturated carbocycles. The molecule has 9 heteroatoms. The molecule has 0 aliphatic carbocycles. The molecule has 3 saturated heterocycles. The van der Waals surface area contributed by atoms with Crippen LogP contribution in [0.4, 0.5) is 0 Å². The average Bonchev–Trinajstić information content (AvgIpc) is 3.42. The van der Waals surface area contributed by atoms with E-state index in [0.717, 1.165) is 12.8 Å². The van der Waals surface area contributed by atoms with Crippen LogP contribution in [0.15, 0.2) is 25.3 Å². The fraction of sp³-hybridized carbons (Fsp3) is 0.767. The highest BCUT2D eigenvalue weighted by Crippen LogP contribution is 2.68. The summed E-state index contributed by atoms with van der Waals surface area (Å²) in [7, 11) is 0. The summed E-state index contributed by atoms with van der Waals surface area (Å²) < 4.78 is 4.90. The number of aliphatic hydroxyl groups excluding tert-OH is 1. The van der Waals surface area contributed by atoms with E-state index in [-0.39, 0.29) is 46.5 Å². The van der Waals surface area contributed by atoms with Crippen LogP contribution in [-0.2, 0) is 19.1 Å². The Balaban J connectivity index is 2.04. The standard InChI is InChI=1S/C30H47BrN2O5S/c1-8-10-17-38-27(37)21-22-25(35)32(15-12-11-13-16-34)24(30(22)18-20(31)23(21)39-30)26(36)33(14-9-2)29(6,7)19-28(3,4)5/h8-9,20-24,34H,1-2,10-19H2,3-7H3/t20?,21-,22+,23-,24?,30?/m1/s1. The Labute approximate surface area is 247 Å². The highest BCUT2D eigenvalue weighted by atomic mass is 79.9. The summed E-state index contributed by atoms with van der Waals surface area (Å²) in [5.74, 6) is -1.75. The van der Waals surface area contributed by atoms with Crippen LogP contribution in [0.3, 0.4) is 0 Å². The number of thioether (sulfide) groups is 1. The molecule has 3 unspecified atom stereocenters. The lowest BCUT2D eigenvalue weighted by atomic mass is 9.70. The van der Waals surface area contributed by atoms with Gasteiger partial charge in [-0.2, -0.15) is 0 Å². The number of unbranched alkanes of at least 4 members (excludes halogenated alkanes) is 2. The zero-order valence-corrected chi connectivity index (χ0v) is 26.7. The van der Waals surface area contributed by atoms with Crippen molar-refractivity contribution in [3.8, 4) is 0 Å². The number of aliphatic hydroxyl groups is 1. The maximum Gasteiger partial charge on any atom is 0.310 e. The zero-order valence-electron chi connectivity index (χ0n) is 24.3. The smallest absolute Gasteiger partial charge is 0.310 e. The quantitative estimate of drug-likeness (QED) is 0.127. The van der Waals surface area contributed by atoms with Gasteiger partial charge < -0.3 is 19.6 Å². The molecule has 7 nitrogen and oxygen atoms in total. The number of amides is 2. The number of nitrogens with zero attached hydrogens (tertiary/aromatic N) is 2. The lowest BCUT2D eigenvalue weighted by Gasteiger charge is -2.46. The van der Waals surface area contributed by atoms with Crippen LogP contribution in [-0.4, -0.2) is 85.4 Å². The van der Waals surface area contributed by atoms with Crippen LogP contribution in [0.1, 0.15) is 73.1 Å². The van der Waals surface area contributed by atoms with E-state index in [4.69, 9.17) is 4.74 Å². The molecule has 3 rings (SSSR count). The van der Waals surface area contributed by atoms with Gasteiger partial charge in [-0.15, -0.1) is 24.9 Å². The van der Waals surface area contributed by atoms with Crippen molar-refractivity contribution in [3.05, 3.63) is 25.3 Å². The monoisotopic (exact) mass is 626 g/mol. The largest absolute Gasteiger partial charge is 0.465 e. The Bertz CT molecular complexity index is 950. The highest BCUT2D eigenvalue weighted by molar-refractivity contribution is 9.09. The van der Waals surface area contributed by atoms with Gasteiger partial charge in [0.25, 0.3) is 0 Å². The molecular weight excluding hydrogens is 580 g/mol. The lowest BCUT2D eigenvalue weighted by molar-refractivity contribution is -0.154. The van der Waals surface area contributed by atoms with E-state index in [9.17, 15) is 19.5 Å². The van der Waals surface area contributed by atoms with Gasteiger partial charge in [0.1, 0.15) is 6.04 Å². The SMILES string of the molecule is C=CCCOC(=O)[C@H]1[C@@H]2SC3(CC2Br)C(C(=O)N(CC=C)C(C)(C)CC(C)(C)C)N(CCCCCO)C(=O)[C@H]13. The van der Waals surface area contributed by atoms with E-state index in [1.807, 2.05) is 4.90 Å². The number of halogens is 1. The lowest BCUT2D eigenvalue weighted by Crippen LogP contribution is -2.60. The number of hydrogen-bond donors (Lipinski definition) is 1. The normalized spacial score (nSPS) is 29.9. The maximum absolute atomic E-state index is 14.7. The number of ether oxygens (including phenoxy) is 1. The van der Waals surface area contributed by atoms with Crippen LogP contribution in [0.25, 0.3) is 0 Å². The summed E-state index contributed by atoms with van der Waals surface area (Å²) in [4.78, 5) is 45.9. The van der Waals surface area contributed by atoms with Gasteiger partial charge in [-0.1, -0.05) is 48.9 Å². The predicted molar refractivity (Wildman–Crippen MR) is 161 cm³/mol. The van der Waals surface area contributed by atoms with Gasteiger partial charge in [0.2, 0.25) is 11.8 Å². The predicted octanol–water partition coefficient (Wildman–Crippen LogP) is 4.96. The first-order valence-electron chi connectivity index (χ1n) is 14.2. The summed E-state index contributed by atoms with van der Waals surface area (Å²) in [6.07, 6.45) is 7.52. The third-order valence-electron chi connectivity index (χ3n) is 8.19. The summed E-state index contributed by atoms with van der Waals surface area (Å²) in [6.45, 7) is 19.4. The molecule has 0 aromatic carbocycles. The van der Waals surface area contributed by atoms with Gasteiger partial charge in [-0.25, -0.2) is 0 Å². The van der Waals surface area contributed by atoms with Crippen molar-refractivity contribution in [3.63, 3.8) is 0 Å². The van der Waals surface area contributed by atoms with Crippen LogP contribution in [0.5, 0.6) is 0 Å². The summed E-state index contributed by atoms with van der Waals surface area (Å²) in [6, 6.07) is -0.677. The van der Waals surface area contributed by atoms with Crippen molar-refractivity contribution in [2.75, 3.05) is 26.3 Å². The van der Waals surface area contributed by atoms with E-state index >= 15 is 0 Å². The van der Waals surface area contributed by atoms with Gasteiger partial charge in [0.05, 0.1) is 23.2 Å². The molecule has 3 heterocycles. The van der Waals surface area contributed by atoms with Gasteiger partial charge in [-0.3, -0.25) is 14.4 Å². The van der Waals surface area contributed by atoms with Crippen LogP contribution in [0.2, 0.25) is 0 Å². The molecule has 0 aromatic rings. The molecular formula is C30H47BrN2O5S. The van der Waals surface area contributed by atoms with E-state index in [0.29, 0.717) is 38.8 Å². The molecule has 3 aliphatic heterocycles. The van der Waals surface area contributed by atoms with E-state index < -0.39 is 28.2 Å². The fourth-order valence-electron chi connectivity index (χ4n) is 7.13. The molecule has 2 amide bonds. The summed E-state index contributed by atoms with van der Waals surface area (Å²) in [5, 5.41) is 9.15. The minimum Gasteiger partial charge on any atom is -0.465 e. The third-order valence-corrected chi connectivity index (χ3v) is 11.4. The highest BCUT2D eigenvalue weighted by Gasteiger charge is 2.76. The topological polar surface area (TPSA) is 87.2 Å². The van der Waals surface area contributed by atoms with Crippen molar-refractivity contribution in [2.24, 2.45) is 17.3 Å². The van der Waals surface area contributed by atoms with Gasteiger partial charge in [0, 0.05) is 35.3 Å². The van der Waals surface area contributed by atoms with Crippen molar-refractivity contribution >= 4 is 45.5 Å². The third kappa shape index (κ3) is 6.45.